The Morgan fingerprint density at radius 2 is 2.27 bits per heavy atom. The lowest BCUT2D eigenvalue weighted by Crippen LogP contribution is -2.17. The molecule has 80 valence electrons. The predicted octanol–water partition coefficient (Wildman–Crippen LogP) is 2.26. The summed E-state index contributed by atoms with van der Waals surface area (Å²) in [7, 11) is 0. The van der Waals surface area contributed by atoms with E-state index in [-0.39, 0.29) is 11.2 Å². The van der Waals surface area contributed by atoms with Crippen molar-refractivity contribution >= 4 is 11.5 Å². The minimum absolute atomic E-state index is 0.0407. The Labute approximate surface area is 87.7 Å². The van der Waals surface area contributed by atoms with Gasteiger partial charge in [0.1, 0.15) is 12.0 Å². The molecule has 0 radical (unpaired) electrons. The van der Waals surface area contributed by atoms with Crippen LogP contribution in [-0.4, -0.2) is 15.4 Å². The van der Waals surface area contributed by atoms with E-state index in [4.69, 9.17) is 0 Å². The molecule has 0 atom stereocenters. The van der Waals surface area contributed by atoms with E-state index in [0.717, 1.165) is 24.2 Å². The number of nitrogens with one attached hydrogen (secondary N) is 1. The SMILES string of the molecule is Cc1cc([N+](=O)[O-])cnc1NC1(C)CC1. The van der Waals surface area contributed by atoms with Crippen LogP contribution in [0.15, 0.2) is 12.3 Å². The van der Waals surface area contributed by atoms with Gasteiger partial charge in [-0.2, -0.15) is 0 Å². The number of aryl methyl sites for hydroxylation is 1. The maximum atomic E-state index is 10.5. The van der Waals surface area contributed by atoms with Gasteiger partial charge >= 0.3 is 0 Å². The van der Waals surface area contributed by atoms with Crippen LogP contribution in [0.4, 0.5) is 11.5 Å². The second-order valence-electron chi connectivity index (χ2n) is 4.30. The summed E-state index contributed by atoms with van der Waals surface area (Å²) in [5.74, 6) is 0.751. The summed E-state index contributed by atoms with van der Waals surface area (Å²) in [5.41, 5.74) is 1.00. The second kappa shape index (κ2) is 3.18. The smallest absolute Gasteiger partial charge is 0.287 e. The Hall–Kier alpha value is -1.65. The Morgan fingerprint density at radius 3 is 2.73 bits per heavy atom. The third kappa shape index (κ3) is 2.06. The number of nitrogens with zero attached hydrogens (tertiary/aromatic N) is 2. The van der Waals surface area contributed by atoms with Crippen LogP contribution in [-0.2, 0) is 0 Å². The van der Waals surface area contributed by atoms with Crippen LogP contribution in [0.25, 0.3) is 0 Å². The number of hydrogen-bond acceptors (Lipinski definition) is 4. The lowest BCUT2D eigenvalue weighted by molar-refractivity contribution is -0.385. The molecule has 0 aliphatic heterocycles. The second-order valence-corrected chi connectivity index (χ2v) is 4.30. The number of anilines is 1. The molecule has 5 heteroatoms. The molecule has 1 heterocycles. The highest BCUT2D eigenvalue weighted by Crippen LogP contribution is 2.38. The molecule has 0 bridgehead atoms. The molecule has 0 spiro atoms. The molecule has 0 saturated heterocycles. The Balaban J connectivity index is 2.22. The van der Waals surface area contributed by atoms with Gasteiger partial charge in [-0.3, -0.25) is 10.1 Å². The lowest BCUT2D eigenvalue weighted by atomic mass is 10.2. The van der Waals surface area contributed by atoms with E-state index in [1.807, 2.05) is 6.92 Å². The van der Waals surface area contributed by atoms with Gasteiger partial charge in [-0.25, -0.2) is 4.98 Å². The highest BCUT2D eigenvalue weighted by molar-refractivity contribution is 5.50. The summed E-state index contributed by atoms with van der Waals surface area (Å²) in [6.45, 7) is 3.95. The number of aromatic nitrogens is 1. The highest BCUT2D eigenvalue weighted by Gasteiger charge is 2.37. The summed E-state index contributed by atoms with van der Waals surface area (Å²) >= 11 is 0. The first kappa shape index (κ1) is 9.89. The van der Waals surface area contributed by atoms with E-state index in [1.54, 1.807) is 6.07 Å². The maximum absolute atomic E-state index is 10.5. The molecule has 0 aromatic carbocycles. The number of pyridine rings is 1. The molecule has 5 nitrogen and oxygen atoms in total. The molecular formula is C10H13N3O2. The Morgan fingerprint density at radius 1 is 1.60 bits per heavy atom. The first-order valence-electron chi connectivity index (χ1n) is 4.89. The van der Waals surface area contributed by atoms with E-state index in [0.29, 0.717) is 0 Å². The van der Waals surface area contributed by atoms with Crippen LogP contribution in [0, 0.1) is 17.0 Å². The van der Waals surface area contributed by atoms with Crippen molar-refractivity contribution in [1.82, 2.24) is 4.98 Å². The fourth-order valence-corrected chi connectivity index (χ4v) is 1.39. The van der Waals surface area contributed by atoms with E-state index in [1.165, 1.54) is 6.20 Å². The van der Waals surface area contributed by atoms with Gasteiger partial charge < -0.3 is 5.32 Å². The van der Waals surface area contributed by atoms with Crippen molar-refractivity contribution < 1.29 is 4.92 Å². The molecule has 1 aliphatic carbocycles. The van der Waals surface area contributed by atoms with Crippen LogP contribution in [0.2, 0.25) is 0 Å². The van der Waals surface area contributed by atoms with E-state index in [9.17, 15) is 10.1 Å². The monoisotopic (exact) mass is 207 g/mol. The zero-order valence-corrected chi connectivity index (χ0v) is 8.78. The normalized spacial score (nSPS) is 17.2. The fourth-order valence-electron chi connectivity index (χ4n) is 1.39. The fraction of sp³-hybridized carbons (Fsp3) is 0.500. The maximum Gasteiger partial charge on any atom is 0.287 e. The summed E-state index contributed by atoms with van der Waals surface area (Å²) in [4.78, 5) is 14.2. The molecule has 2 rings (SSSR count). The standard InChI is InChI=1S/C10H13N3O2/c1-7-5-8(13(14)15)6-11-9(7)12-10(2)3-4-10/h5-6H,3-4H2,1-2H3,(H,11,12). The average molecular weight is 207 g/mol. The van der Waals surface area contributed by atoms with Gasteiger partial charge in [-0.15, -0.1) is 0 Å². The Bertz CT molecular complexity index is 413. The topological polar surface area (TPSA) is 68.1 Å². The predicted molar refractivity (Wildman–Crippen MR) is 56.9 cm³/mol. The summed E-state index contributed by atoms with van der Waals surface area (Å²) in [6, 6.07) is 1.54. The molecule has 1 fully saturated rings. The van der Waals surface area contributed by atoms with Crippen LogP contribution in [0.5, 0.6) is 0 Å². The molecule has 1 N–H and O–H groups in total. The molecule has 0 amide bonds. The zero-order chi connectivity index (χ0) is 11.1. The Kier molecular flexibility index (Phi) is 2.10. The third-order valence-corrected chi connectivity index (χ3v) is 2.69. The number of rotatable bonds is 3. The van der Waals surface area contributed by atoms with Crippen molar-refractivity contribution in [2.45, 2.75) is 32.2 Å². The molecular weight excluding hydrogens is 194 g/mol. The van der Waals surface area contributed by atoms with Crippen molar-refractivity contribution in [2.24, 2.45) is 0 Å². The van der Waals surface area contributed by atoms with Crippen LogP contribution >= 0.6 is 0 Å². The molecule has 0 unspecified atom stereocenters. The first-order chi connectivity index (χ1) is 7.00. The van der Waals surface area contributed by atoms with Gasteiger partial charge in [-0.05, 0) is 32.3 Å². The van der Waals surface area contributed by atoms with Gasteiger partial charge in [0.15, 0.2) is 0 Å². The lowest BCUT2D eigenvalue weighted by Gasteiger charge is -2.13. The van der Waals surface area contributed by atoms with Crippen molar-refractivity contribution in [2.75, 3.05) is 5.32 Å². The van der Waals surface area contributed by atoms with Gasteiger partial charge in [0.05, 0.1) is 4.92 Å². The van der Waals surface area contributed by atoms with Crippen molar-refractivity contribution in [3.05, 3.63) is 27.9 Å². The first-order valence-corrected chi connectivity index (χ1v) is 4.89. The van der Waals surface area contributed by atoms with E-state index < -0.39 is 4.92 Å². The van der Waals surface area contributed by atoms with Crippen LogP contribution < -0.4 is 5.32 Å². The highest BCUT2D eigenvalue weighted by atomic mass is 16.6. The quantitative estimate of drug-likeness (QED) is 0.609. The van der Waals surface area contributed by atoms with Crippen molar-refractivity contribution in [3.8, 4) is 0 Å². The minimum atomic E-state index is -0.428. The van der Waals surface area contributed by atoms with Gasteiger partial charge in [0.2, 0.25) is 0 Å². The van der Waals surface area contributed by atoms with Crippen molar-refractivity contribution in [3.63, 3.8) is 0 Å². The molecule has 15 heavy (non-hydrogen) atoms. The molecule has 1 aliphatic rings. The van der Waals surface area contributed by atoms with E-state index >= 15 is 0 Å². The number of hydrogen-bond donors (Lipinski definition) is 1. The average Bonchev–Trinajstić information content (AvgIpc) is 2.87. The van der Waals surface area contributed by atoms with Crippen LogP contribution in [0.1, 0.15) is 25.3 Å². The summed E-state index contributed by atoms with van der Waals surface area (Å²) < 4.78 is 0. The minimum Gasteiger partial charge on any atom is -0.365 e. The zero-order valence-electron chi connectivity index (χ0n) is 8.78. The van der Waals surface area contributed by atoms with Gasteiger partial charge in [0.25, 0.3) is 5.69 Å². The molecule has 1 aromatic rings. The molecule has 1 saturated carbocycles. The van der Waals surface area contributed by atoms with Crippen LogP contribution in [0.3, 0.4) is 0 Å². The third-order valence-electron chi connectivity index (χ3n) is 2.69. The summed E-state index contributed by atoms with van der Waals surface area (Å²) in [6.07, 6.45) is 3.55. The molecule has 1 aromatic heterocycles. The summed E-state index contributed by atoms with van der Waals surface area (Å²) in [5, 5.41) is 13.8. The van der Waals surface area contributed by atoms with Crippen molar-refractivity contribution in [1.29, 1.82) is 0 Å². The largest absolute Gasteiger partial charge is 0.365 e. The van der Waals surface area contributed by atoms with E-state index in [2.05, 4.69) is 17.2 Å². The number of nitro groups is 1. The van der Waals surface area contributed by atoms with Gasteiger partial charge in [-0.1, -0.05) is 0 Å². The van der Waals surface area contributed by atoms with Gasteiger partial charge in [0, 0.05) is 11.6 Å².